The summed E-state index contributed by atoms with van der Waals surface area (Å²) in [6.45, 7) is 2.12. The van der Waals surface area contributed by atoms with Crippen LogP contribution in [-0.4, -0.2) is 17.2 Å². The maximum absolute atomic E-state index is 4.32. The van der Waals surface area contributed by atoms with Crippen LogP contribution in [-0.2, 0) is 6.42 Å². The van der Waals surface area contributed by atoms with Gasteiger partial charge in [0.25, 0.3) is 0 Å². The molecule has 2 heteroatoms. The Morgan fingerprint density at radius 3 is 3.36 bits per heavy atom. The van der Waals surface area contributed by atoms with Crippen LogP contribution in [0, 0.1) is 0 Å². The highest BCUT2D eigenvalue weighted by Gasteiger charge is 2.09. The number of nitrogens with zero attached hydrogens (tertiary/aromatic N) is 2. The largest absolute Gasteiger partial charge is 0.289 e. The molecule has 2 nitrogen and oxygen atoms in total. The molecular weight excluding hydrogens is 136 g/mol. The lowest BCUT2D eigenvalue weighted by Gasteiger charge is -2.13. The zero-order valence-corrected chi connectivity index (χ0v) is 6.49. The minimum absolute atomic E-state index is 0.423. The summed E-state index contributed by atoms with van der Waals surface area (Å²) < 4.78 is 0. The quantitative estimate of drug-likeness (QED) is 0.543. The highest BCUT2D eigenvalue weighted by atomic mass is 14.8. The maximum atomic E-state index is 4.32. The standard InChI is InChI=1S/C9H10N2/c1-7-4-9-5-10-3-2-8(9)6-11-7/h2-3,5-7H,4H2,1H3. The molecule has 0 saturated carbocycles. The normalized spacial score (nSPS) is 21.4. The SMILES string of the molecule is CC1Cc2cnccc2C=N1. The summed E-state index contributed by atoms with van der Waals surface area (Å²) in [6.07, 6.45) is 6.70. The van der Waals surface area contributed by atoms with Crippen LogP contribution < -0.4 is 0 Å². The van der Waals surface area contributed by atoms with Crippen LogP contribution in [0.15, 0.2) is 23.5 Å². The van der Waals surface area contributed by atoms with Crippen molar-refractivity contribution >= 4 is 6.21 Å². The average molecular weight is 146 g/mol. The molecule has 1 aromatic heterocycles. The van der Waals surface area contributed by atoms with Crippen molar-refractivity contribution in [2.24, 2.45) is 4.99 Å². The molecule has 1 aromatic rings. The lowest BCUT2D eigenvalue weighted by molar-refractivity contribution is 0.729. The summed E-state index contributed by atoms with van der Waals surface area (Å²) in [5.41, 5.74) is 2.54. The van der Waals surface area contributed by atoms with E-state index in [0.717, 1.165) is 6.42 Å². The second-order valence-electron chi connectivity index (χ2n) is 2.91. The van der Waals surface area contributed by atoms with E-state index in [2.05, 4.69) is 16.9 Å². The first kappa shape index (κ1) is 6.53. The van der Waals surface area contributed by atoms with Crippen molar-refractivity contribution in [2.75, 3.05) is 0 Å². The summed E-state index contributed by atoms with van der Waals surface area (Å²) in [7, 11) is 0. The summed E-state index contributed by atoms with van der Waals surface area (Å²) >= 11 is 0. The van der Waals surface area contributed by atoms with Crippen molar-refractivity contribution in [1.29, 1.82) is 0 Å². The molecule has 2 rings (SSSR count). The third-order valence-electron chi connectivity index (χ3n) is 1.92. The van der Waals surface area contributed by atoms with Crippen LogP contribution >= 0.6 is 0 Å². The molecule has 1 aliphatic heterocycles. The number of aromatic nitrogens is 1. The van der Waals surface area contributed by atoms with E-state index < -0.39 is 0 Å². The number of fused-ring (bicyclic) bond motifs is 1. The Hall–Kier alpha value is -1.18. The summed E-state index contributed by atoms with van der Waals surface area (Å²) in [5, 5.41) is 0. The lowest BCUT2D eigenvalue weighted by Crippen LogP contribution is -2.11. The van der Waals surface area contributed by atoms with Crippen molar-refractivity contribution < 1.29 is 0 Å². The average Bonchev–Trinajstić information content (AvgIpc) is 2.04. The number of rotatable bonds is 0. The summed E-state index contributed by atoms with van der Waals surface area (Å²) in [4.78, 5) is 8.39. The fourth-order valence-corrected chi connectivity index (χ4v) is 1.31. The van der Waals surface area contributed by atoms with Gasteiger partial charge in [0.2, 0.25) is 0 Å². The third kappa shape index (κ3) is 1.16. The van der Waals surface area contributed by atoms with E-state index in [9.17, 15) is 0 Å². The number of aliphatic imine (C=N–C) groups is 1. The molecule has 0 N–H and O–H groups in total. The fourth-order valence-electron chi connectivity index (χ4n) is 1.31. The third-order valence-corrected chi connectivity index (χ3v) is 1.92. The van der Waals surface area contributed by atoms with E-state index in [1.54, 1.807) is 6.20 Å². The van der Waals surface area contributed by atoms with Crippen LogP contribution in [0.3, 0.4) is 0 Å². The molecular formula is C9H10N2. The van der Waals surface area contributed by atoms with Crippen LogP contribution in [0.5, 0.6) is 0 Å². The molecule has 0 saturated heterocycles. The molecule has 0 spiro atoms. The van der Waals surface area contributed by atoms with Crippen molar-refractivity contribution in [2.45, 2.75) is 19.4 Å². The van der Waals surface area contributed by atoms with Crippen LogP contribution in [0.4, 0.5) is 0 Å². The Labute approximate surface area is 66.0 Å². The van der Waals surface area contributed by atoms with Gasteiger partial charge in [-0.05, 0) is 30.5 Å². The van der Waals surface area contributed by atoms with Crippen LogP contribution in [0.25, 0.3) is 0 Å². The molecule has 0 fully saturated rings. The van der Waals surface area contributed by atoms with E-state index in [1.165, 1.54) is 11.1 Å². The van der Waals surface area contributed by atoms with E-state index in [0.29, 0.717) is 6.04 Å². The Bertz CT molecular complexity index is 291. The molecule has 0 radical (unpaired) electrons. The zero-order valence-electron chi connectivity index (χ0n) is 6.49. The van der Waals surface area contributed by atoms with Crippen LogP contribution in [0.2, 0.25) is 0 Å². The van der Waals surface area contributed by atoms with Crippen molar-refractivity contribution in [1.82, 2.24) is 4.98 Å². The van der Waals surface area contributed by atoms with Crippen molar-refractivity contribution in [3.05, 3.63) is 29.6 Å². The van der Waals surface area contributed by atoms with Crippen molar-refractivity contribution in [3.63, 3.8) is 0 Å². The molecule has 0 bridgehead atoms. The van der Waals surface area contributed by atoms with Gasteiger partial charge in [0.15, 0.2) is 0 Å². The minimum atomic E-state index is 0.423. The van der Waals surface area contributed by atoms with Gasteiger partial charge < -0.3 is 0 Å². The molecule has 0 aliphatic carbocycles. The first-order chi connectivity index (χ1) is 5.36. The summed E-state index contributed by atoms with van der Waals surface area (Å²) in [6, 6.07) is 2.43. The Balaban J connectivity index is 2.46. The smallest absolute Gasteiger partial charge is 0.0512 e. The molecule has 11 heavy (non-hydrogen) atoms. The van der Waals surface area contributed by atoms with Gasteiger partial charge in [-0.2, -0.15) is 0 Å². The Morgan fingerprint density at radius 1 is 1.55 bits per heavy atom. The Kier molecular flexibility index (Phi) is 1.46. The second kappa shape index (κ2) is 2.46. The van der Waals surface area contributed by atoms with Gasteiger partial charge in [0.1, 0.15) is 0 Å². The van der Waals surface area contributed by atoms with Gasteiger partial charge >= 0.3 is 0 Å². The molecule has 1 atom stereocenters. The summed E-state index contributed by atoms with van der Waals surface area (Å²) in [5.74, 6) is 0. The highest BCUT2D eigenvalue weighted by Crippen LogP contribution is 2.13. The van der Waals surface area contributed by atoms with Gasteiger partial charge in [-0.25, -0.2) is 0 Å². The maximum Gasteiger partial charge on any atom is 0.0512 e. The van der Waals surface area contributed by atoms with E-state index in [4.69, 9.17) is 0 Å². The first-order valence-corrected chi connectivity index (χ1v) is 3.82. The lowest BCUT2D eigenvalue weighted by atomic mass is 10.0. The van der Waals surface area contributed by atoms with Gasteiger partial charge in [0, 0.05) is 18.6 Å². The van der Waals surface area contributed by atoms with E-state index >= 15 is 0 Å². The molecule has 0 aromatic carbocycles. The van der Waals surface area contributed by atoms with Gasteiger partial charge in [0.05, 0.1) is 6.04 Å². The van der Waals surface area contributed by atoms with E-state index in [-0.39, 0.29) is 0 Å². The predicted octanol–water partition coefficient (Wildman–Crippen LogP) is 1.45. The Morgan fingerprint density at radius 2 is 2.45 bits per heavy atom. The highest BCUT2D eigenvalue weighted by molar-refractivity contribution is 5.82. The number of hydrogen-bond acceptors (Lipinski definition) is 2. The second-order valence-corrected chi connectivity index (χ2v) is 2.91. The van der Waals surface area contributed by atoms with E-state index in [1.807, 2.05) is 18.5 Å². The molecule has 2 heterocycles. The van der Waals surface area contributed by atoms with Crippen molar-refractivity contribution in [3.8, 4) is 0 Å². The first-order valence-electron chi connectivity index (χ1n) is 3.82. The van der Waals surface area contributed by atoms with Gasteiger partial charge in [-0.3, -0.25) is 9.98 Å². The number of hydrogen-bond donors (Lipinski definition) is 0. The molecule has 1 unspecified atom stereocenters. The number of pyridine rings is 1. The fraction of sp³-hybridized carbons (Fsp3) is 0.333. The predicted molar refractivity (Wildman–Crippen MR) is 45.0 cm³/mol. The van der Waals surface area contributed by atoms with Gasteiger partial charge in [-0.1, -0.05) is 0 Å². The molecule has 0 amide bonds. The molecule has 1 aliphatic rings. The minimum Gasteiger partial charge on any atom is -0.289 e. The topological polar surface area (TPSA) is 25.2 Å². The monoisotopic (exact) mass is 146 g/mol. The molecule has 56 valence electrons. The zero-order chi connectivity index (χ0) is 7.68. The van der Waals surface area contributed by atoms with Gasteiger partial charge in [-0.15, -0.1) is 0 Å². The van der Waals surface area contributed by atoms with Crippen LogP contribution in [0.1, 0.15) is 18.1 Å².